The van der Waals surface area contributed by atoms with Crippen LogP contribution in [-0.2, 0) is 21.1 Å². The van der Waals surface area contributed by atoms with E-state index in [9.17, 15) is 5.11 Å². The summed E-state index contributed by atoms with van der Waals surface area (Å²) in [5.41, 5.74) is 3.82. The maximum absolute atomic E-state index is 10.2. The molecule has 4 nitrogen and oxygen atoms in total. The van der Waals surface area contributed by atoms with E-state index in [1.807, 2.05) is 49.5 Å². The monoisotopic (exact) mass is 627 g/mol. The van der Waals surface area contributed by atoms with Gasteiger partial charge in [0, 0.05) is 38.2 Å². The predicted molar refractivity (Wildman–Crippen MR) is 130 cm³/mol. The number of nitrogens with zero attached hydrogens (tertiary/aromatic N) is 3. The van der Waals surface area contributed by atoms with Crippen LogP contribution in [0.25, 0.3) is 38.5 Å². The van der Waals surface area contributed by atoms with Gasteiger partial charge in [0.1, 0.15) is 17.1 Å². The summed E-state index contributed by atoms with van der Waals surface area (Å²) in [7, 11) is 0. The zero-order chi connectivity index (χ0) is 21.7. The number of aromatic nitrogens is 3. The van der Waals surface area contributed by atoms with Crippen LogP contribution in [0.2, 0.25) is 0 Å². The Morgan fingerprint density at radius 3 is 2.61 bits per heavy atom. The molecule has 0 aliphatic rings. The molecule has 0 amide bonds. The van der Waals surface area contributed by atoms with Gasteiger partial charge in [-0.25, -0.2) is 9.97 Å². The van der Waals surface area contributed by atoms with Gasteiger partial charge in [0.05, 0.1) is 5.03 Å². The number of aromatic hydroxyl groups is 1. The van der Waals surface area contributed by atoms with E-state index in [0.717, 1.165) is 43.1 Å². The van der Waals surface area contributed by atoms with E-state index in [4.69, 9.17) is 0 Å². The van der Waals surface area contributed by atoms with Crippen LogP contribution in [0, 0.1) is 13.0 Å². The molecule has 1 N–H and O–H groups in total. The molecule has 6 rings (SSSR count). The Balaban J connectivity index is 0.00000228. The maximum atomic E-state index is 10.2. The van der Waals surface area contributed by atoms with Crippen molar-refractivity contribution >= 4 is 44.5 Å². The number of phenols is 1. The van der Waals surface area contributed by atoms with E-state index in [1.54, 1.807) is 6.07 Å². The van der Waals surface area contributed by atoms with Crippen LogP contribution >= 0.6 is 11.8 Å². The second-order valence-electron chi connectivity index (χ2n) is 7.73. The Bertz CT molecular complexity index is 1630. The Labute approximate surface area is 209 Å². The van der Waals surface area contributed by atoms with E-state index >= 15 is 0 Å². The summed E-state index contributed by atoms with van der Waals surface area (Å²) < 4.78 is 2.16. The van der Waals surface area contributed by atoms with Crippen LogP contribution in [0.15, 0.2) is 95.0 Å². The van der Waals surface area contributed by atoms with Crippen LogP contribution in [0.5, 0.6) is 5.75 Å². The minimum atomic E-state index is 0. The molecule has 33 heavy (non-hydrogen) atoms. The van der Waals surface area contributed by atoms with E-state index in [-0.39, 0.29) is 26.8 Å². The van der Waals surface area contributed by atoms with Crippen LogP contribution in [0.3, 0.4) is 0 Å². The molecule has 0 aliphatic heterocycles. The zero-order valence-electron chi connectivity index (χ0n) is 17.6. The largest absolute Gasteiger partial charge is 0.506 e. The number of hydrogen-bond acceptors (Lipinski definition) is 4. The topological polar surface area (TPSA) is 50.9 Å². The smallest absolute Gasteiger partial charge is 0.141 e. The van der Waals surface area contributed by atoms with Crippen molar-refractivity contribution in [3.8, 4) is 11.6 Å². The van der Waals surface area contributed by atoms with Crippen molar-refractivity contribution in [3.05, 3.63) is 96.7 Å². The summed E-state index contributed by atoms with van der Waals surface area (Å²) in [5.74, 6) is 1.06. The van der Waals surface area contributed by atoms with Gasteiger partial charge in [0.15, 0.2) is 0 Å². The summed E-state index contributed by atoms with van der Waals surface area (Å²) in [6.45, 7) is 2.04. The third kappa shape index (κ3) is 3.82. The van der Waals surface area contributed by atoms with E-state index < -0.39 is 0 Å². The molecular formula is C27H18N3OPtS-. The van der Waals surface area contributed by atoms with E-state index in [0.29, 0.717) is 5.52 Å². The average Bonchev–Trinajstić information content (AvgIpc) is 3.14. The first-order valence-corrected chi connectivity index (χ1v) is 11.1. The van der Waals surface area contributed by atoms with Gasteiger partial charge in [0.2, 0.25) is 0 Å². The van der Waals surface area contributed by atoms with Crippen molar-refractivity contribution in [1.82, 2.24) is 14.5 Å². The number of fused-ring (bicyclic) bond motifs is 4. The second kappa shape index (κ2) is 8.66. The van der Waals surface area contributed by atoms with E-state index in [1.165, 1.54) is 17.1 Å². The van der Waals surface area contributed by atoms with Gasteiger partial charge in [-0.2, -0.15) is 12.1 Å². The van der Waals surface area contributed by atoms with Crippen LogP contribution in [-0.4, -0.2) is 19.6 Å². The number of benzene rings is 3. The first kappa shape index (κ1) is 21.7. The molecular weight excluding hydrogens is 609 g/mol. The number of phenolic OH excluding ortho intramolecular Hbond substituents is 1. The maximum Gasteiger partial charge on any atom is 0.141 e. The van der Waals surface area contributed by atoms with E-state index in [2.05, 4.69) is 57.0 Å². The minimum absolute atomic E-state index is 0. The van der Waals surface area contributed by atoms with Crippen LogP contribution in [0.4, 0.5) is 0 Å². The molecule has 0 spiro atoms. The quantitative estimate of drug-likeness (QED) is 0.222. The summed E-state index contributed by atoms with van der Waals surface area (Å²) in [6, 6.07) is 29.7. The molecule has 6 heteroatoms. The number of para-hydroxylation sites is 2. The predicted octanol–water partition coefficient (Wildman–Crippen LogP) is 6.69. The molecule has 0 radical (unpaired) electrons. The van der Waals surface area contributed by atoms with Crippen molar-refractivity contribution in [1.29, 1.82) is 0 Å². The first-order chi connectivity index (χ1) is 15.7. The van der Waals surface area contributed by atoms with Gasteiger partial charge < -0.3 is 9.67 Å². The Hall–Kier alpha value is -3.14. The molecule has 0 saturated heterocycles. The van der Waals surface area contributed by atoms with Crippen molar-refractivity contribution in [2.75, 3.05) is 0 Å². The summed E-state index contributed by atoms with van der Waals surface area (Å²) in [6.07, 6.45) is 1.89. The van der Waals surface area contributed by atoms with Crippen molar-refractivity contribution in [2.45, 2.75) is 16.8 Å². The molecule has 0 atom stereocenters. The van der Waals surface area contributed by atoms with Gasteiger partial charge in [0.25, 0.3) is 0 Å². The van der Waals surface area contributed by atoms with Gasteiger partial charge >= 0.3 is 0 Å². The second-order valence-corrected chi connectivity index (χ2v) is 8.79. The molecule has 6 aromatic rings. The molecule has 0 unspecified atom stereocenters. The molecule has 3 aromatic carbocycles. The van der Waals surface area contributed by atoms with Crippen molar-refractivity contribution in [3.63, 3.8) is 0 Å². The van der Waals surface area contributed by atoms with Gasteiger partial charge in [-0.1, -0.05) is 58.6 Å². The zero-order valence-corrected chi connectivity index (χ0v) is 20.7. The minimum Gasteiger partial charge on any atom is -0.506 e. The third-order valence-corrected chi connectivity index (χ3v) is 6.46. The summed E-state index contributed by atoms with van der Waals surface area (Å²) >= 11 is 1.53. The van der Waals surface area contributed by atoms with Gasteiger partial charge in [-0.15, -0.1) is 11.5 Å². The number of rotatable bonds is 3. The molecule has 164 valence electrons. The molecule has 0 saturated carbocycles. The van der Waals surface area contributed by atoms with Crippen molar-refractivity contribution < 1.29 is 26.2 Å². The summed E-state index contributed by atoms with van der Waals surface area (Å²) in [5, 5.41) is 14.2. The number of hydrogen-bond donors (Lipinski definition) is 1. The molecule has 0 fully saturated rings. The normalized spacial score (nSPS) is 11.2. The fourth-order valence-corrected chi connectivity index (χ4v) is 4.83. The van der Waals surface area contributed by atoms with Gasteiger partial charge in [-0.05, 0) is 48.2 Å². The SMILES string of the molecule is Cc1ccc(-n2c3[c-]c(Sc4ccc5cccc(O)c5n4)ccc3c3ccccc32)nc1.[Pt]. The fourth-order valence-electron chi connectivity index (χ4n) is 4.05. The first-order valence-electron chi connectivity index (χ1n) is 10.3. The Morgan fingerprint density at radius 1 is 0.879 bits per heavy atom. The molecule has 0 aliphatic carbocycles. The fraction of sp³-hybridized carbons (Fsp3) is 0.0370. The Kier molecular flexibility index (Phi) is 5.69. The Morgan fingerprint density at radius 2 is 1.76 bits per heavy atom. The average molecular weight is 628 g/mol. The van der Waals surface area contributed by atoms with Crippen LogP contribution < -0.4 is 0 Å². The molecule has 3 aromatic heterocycles. The van der Waals surface area contributed by atoms with Gasteiger partial charge in [-0.3, -0.25) is 0 Å². The number of pyridine rings is 2. The van der Waals surface area contributed by atoms with Crippen LogP contribution in [0.1, 0.15) is 5.56 Å². The summed E-state index contributed by atoms with van der Waals surface area (Å²) in [4.78, 5) is 10.3. The third-order valence-electron chi connectivity index (χ3n) is 5.57. The molecule has 3 heterocycles. The molecule has 0 bridgehead atoms. The number of aryl methyl sites for hydroxylation is 1. The standard InChI is InChI=1S/C27H18N3OS.Pt/c1-17-9-13-25(28-16-17)30-22-7-3-2-6-20(22)21-12-11-19(15-23(21)30)32-26-14-10-18-5-4-8-24(31)27(18)29-26;/h2-14,16,31H,1H3;/q-1;. The van der Waals surface area contributed by atoms with Crippen molar-refractivity contribution in [2.24, 2.45) is 0 Å².